The second kappa shape index (κ2) is 7.42. The number of benzene rings is 4. The van der Waals surface area contributed by atoms with Crippen LogP contribution in [0.15, 0.2) is 128 Å². The lowest BCUT2D eigenvalue weighted by molar-refractivity contribution is 0.436. The van der Waals surface area contributed by atoms with Crippen LogP contribution in [-0.4, -0.2) is 14.5 Å². The van der Waals surface area contributed by atoms with Crippen molar-refractivity contribution < 1.29 is 4.74 Å². The van der Waals surface area contributed by atoms with Crippen molar-refractivity contribution in [2.45, 2.75) is 5.41 Å². The molecule has 3 aromatic heterocycles. The predicted molar refractivity (Wildman–Crippen MR) is 154 cm³/mol. The van der Waals surface area contributed by atoms with Crippen LogP contribution in [-0.2, 0) is 5.41 Å². The fraction of sp³-hybridized carbons (Fsp3) is 0.0286. The summed E-state index contributed by atoms with van der Waals surface area (Å²) in [6.07, 6.45) is 3.85. The van der Waals surface area contributed by atoms with E-state index in [0.717, 1.165) is 61.9 Å². The molecule has 4 nitrogen and oxygen atoms in total. The molecule has 4 heterocycles. The van der Waals surface area contributed by atoms with E-state index < -0.39 is 5.41 Å². The number of rotatable bonds is 1. The summed E-state index contributed by atoms with van der Waals surface area (Å²) in [5.41, 5.74) is 9.08. The summed E-state index contributed by atoms with van der Waals surface area (Å²) >= 11 is 0. The van der Waals surface area contributed by atoms with Crippen LogP contribution in [0.3, 0.4) is 0 Å². The number of hydrogen-bond donors (Lipinski definition) is 0. The van der Waals surface area contributed by atoms with Gasteiger partial charge in [0.2, 0.25) is 0 Å². The first kappa shape index (κ1) is 20.8. The molecular formula is C35H21N3O. The molecule has 0 bridgehead atoms. The topological polar surface area (TPSA) is 39.9 Å². The molecule has 1 aliphatic heterocycles. The predicted octanol–water partition coefficient (Wildman–Crippen LogP) is 8.04. The van der Waals surface area contributed by atoms with Crippen LogP contribution in [0.25, 0.3) is 38.9 Å². The number of nitrogens with zero attached hydrogens (tertiary/aromatic N) is 3. The fourth-order valence-corrected chi connectivity index (χ4v) is 6.87. The van der Waals surface area contributed by atoms with Gasteiger partial charge in [0.05, 0.1) is 39.7 Å². The molecule has 0 radical (unpaired) electrons. The standard InChI is InChI=1S/C35H21N3O/c1-5-15-29-23(10-1)24-11-2-6-16-30(24)38(29)22-20-28-34(37-21-22)33-27(14-9-19-36-33)35(28)25-12-3-7-17-31(25)39-32-18-8-4-13-26(32)35/h1-21H. The van der Waals surface area contributed by atoms with Gasteiger partial charge in [-0.15, -0.1) is 0 Å². The summed E-state index contributed by atoms with van der Waals surface area (Å²) in [4.78, 5) is 10.0. The first-order valence-electron chi connectivity index (χ1n) is 13.2. The Bertz CT molecular complexity index is 2020. The van der Waals surface area contributed by atoms with Gasteiger partial charge in [0.1, 0.15) is 11.5 Å². The Morgan fingerprint density at radius 2 is 1.10 bits per heavy atom. The number of ether oxygens (including phenoxy) is 1. The third kappa shape index (κ3) is 2.53. The van der Waals surface area contributed by atoms with E-state index in [4.69, 9.17) is 14.7 Å². The average Bonchev–Trinajstić information content (AvgIpc) is 3.48. The summed E-state index contributed by atoms with van der Waals surface area (Å²) in [5.74, 6) is 1.72. The average molecular weight is 500 g/mol. The van der Waals surface area contributed by atoms with Crippen molar-refractivity contribution in [3.63, 3.8) is 0 Å². The van der Waals surface area contributed by atoms with E-state index in [0.29, 0.717) is 0 Å². The molecular weight excluding hydrogens is 478 g/mol. The molecule has 2 aliphatic rings. The molecule has 0 saturated heterocycles. The van der Waals surface area contributed by atoms with Crippen molar-refractivity contribution in [2.75, 3.05) is 0 Å². The number of fused-ring (bicyclic) bond motifs is 12. The first-order chi connectivity index (χ1) is 19.4. The van der Waals surface area contributed by atoms with Gasteiger partial charge in [0.25, 0.3) is 0 Å². The van der Waals surface area contributed by atoms with Gasteiger partial charge in [0.15, 0.2) is 0 Å². The Hall–Kier alpha value is -5.22. The van der Waals surface area contributed by atoms with Crippen LogP contribution in [0, 0.1) is 0 Å². The summed E-state index contributed by atoms with van der Waals surface area (Å²) in [6.45, 7) is 0. The maximum absolute atomic E-state index is 6.47. The Kier molecular flexibility index (Phi) is 3.96. The van der Waals surface area contributed by atoms with Gasteiger partial charge in [0, 0.05) is 33.7 Å². The van der Waals surface area contributed by atoms with Crippen molar-refractivity contribution >= 4 is 21.8 Å². The summed E-state index contributed by atoms with van der Waals surface area (Å²) in [6, 6.07) is 40.5. The highest BCUT2D eigenvalue weighted by Crippen LogP contribution is 2.61. The van der Waals surface area contributed by atoms with Crippen molar-refractivity contribution in [1.29, 1.82) is 0 Å². The van der Waals surface area contributed by atoms with Gasteiger partial charge in [-0.2, -0.15) is 0 Å². The van der Waals surface area contributed by atoms with Gasteiger partial charge >= 0.3 is 0 Å². The zero-order valence-corrected chi connectivity index (χ0v) is 20.9. The summed E-state index contributed by atoms with van der Waals surface area (Å²) in [7, 11) is 0. The summed E-state index contributed by atoms with van der Waals surface area (Å²) < 4.78 is 8.80. The molecule has 39 heavy (non-hydrogen) atoms. The molecule has 0 amide bonds. The zero-order chi connectivity index (χ0) is 25.6. The monoisotopic (exact) mass is 499 g/mol. The third-order valence-electron chi connectivity index (χ3n) is 8.35. The molecule has 4 heteroatoms. The SMILES string of the molecule is c1ccc2c(c1)Oc1ccccc1C21c2cccnc2-c2ncc(-n3c4ccccc4c4ccccc43)cc21. The smallest absolute Gasteiger partial charge is 0.132 e. The van der Waals surface area contributed by atoms with Crippen molar-refractivity contribution in [3.05, 3.63) is 150 Å². The maximum atomic E-state index is 6.47. The largest absolute Gasteiger partial charge is 0.457 e. The molecule has 0 unspecified atom stereocenters. The van der Waals surface area contributed by atoms with Gasteiger partial charge < -0.3 is 9.30 Å². The molecule has 0 fully saturated rings. The van der Waals surface area contributed by atoms with Crippen molar-refractivity contribution in [1.82, 2.24) is 14.5 Å². The molecule has 7 aromatic rings. The minimum atomic E-state index is -0.591. The van der Waals surface area contributed by atoms with E-state index in [-0.39, 0.29) is 0 Å². The fourth-order valence-electron chi connectivity index (χ4n) is 6.87. The Morgan fingerprint density at radius 1 is 0.538 bits per heavy atom. The molecule has 1 aliphatic carbocycles. The van der Waals surface area contributed by atoms with Crippen LogP contribution >= 0.6 is 0 Å². The Morgan fingerprint density at radius 3 is 1.79 bits per heavy atom. The Balaban J connectivity index is 1.43. The number of para-hydroxylation sites is 4. The van der Waals surface area contributed by atoms with Gasteiger partial charge in [-0.25, -0.2) is 0 Å². The summed E-state index contributed by atoms with van der Waals surface area (Å²) in [5, 5.41) is 2.46. The second-order valence-electron chi connectivity index (χ2n) is 10.2. The van der Waals surface area contributed by atoms with Crippen molar-refractivity contribution in [2.24, 2.45) is 0 Å². The molecule has 4 aromatic carbocycles. The highest BCUT2D eigenvalue weighted by Gasteiger charge is 2.52. The van der Waals surface area contributed by atoms with Crippen LogP contribution in [0.5, 0.6) is 11.5 Å². The van der Waals surface area contributed by atoms with Gasteiger partial charge in [-0.05, 0) is 42.0 Å². The molecule has 9 rings (SSSR count). The number of aromatic nitrogens is 3. The molecule has 0 atom stereocenters. The van der Waals surface area contributed by atoms with Crippen LogP contribution < -0.4 is 4.74 Å². The number of pyridine rings is 2. The Labute approximate surface area is 224 Å². The molecule has 0 saturated carbocycles. The molecule has 0 N–H and O–H groups in total. The maximum Gasteiger partial charge on any atom is 0.132 e. The normalized spacial score (nSPS) is 14.1. The van der Waals surface area contributed by atoms with Crippen LogP contribution in [0.2, 0.25) is 0 Å². The van der Waals surface area contributed by atoms with E-state index >= 15 is 0 Å². The van der Waals surface area contributed by atoms with E-state index in [1.165, 1.54) is 10.8 Å². The van der Waals surface area contributed by atoms with E-state index in [1.54, 1.807) is 0 Å². The van der Waals surface area contributed by atoms with Crippen LogP contribution in [0.1, 0.15) is 22.3 Å². The minimum Gasteiger partial charge on any atom is -0.457 e. The van der Waals surface area contributed by atoms with E-state index in [9.17, 15) is 0 Å². The number of hydrogen-bond acceptors (Lipinski definition) is 3. The minimum absolute atomic E-state index is 0.591. The quantitative estimate of drug-likeness (QED) is 0.229. The lowest BCUT2D eigenvalue weighted by Gasteiger charge is -2.38. The molecule has 182 valence electrons. The van der Waals surface area contributed by atoms with Crippen molar-refractivity contribution in [3.8, 4) is 28.6 Å². The van der Waals surface area contributed by atoms with Gasteiger partial charge in [-0.1, -0.05) is 78.9 Å². The van der Waals surface area contributed by atoms with Crippen LogP contribution in [0.4, 0.5) is 0 Å². The molecule has 1 spiro atoms. The van der Waals surface area contributed by atoms with E-state index in [2.05, 4.69) is 102 Å². The first-order valence-corrected chi connectivity index (χ1v) is 13.2. The third-order valence-corrected chi connectivity index (χ3v) is 8.35. The highest BCUT2D eigenvalue weighted by atomic mass is 16.5. The van der Waals surface area contributed by atoms with Gasteiger partial charge in [-0.3, -0.25) is 9.97 Å². The lowest BCUT2D eigenvalue weighted by Crippen LogP contribution is -2.32. The van der Waals surface area contributed by atoms with E-state index in [1.807, 2.05) is 30.6 Å². The zero-order valence-electron chi connectivity index (χ0n) is 20.9. The lowest BCUT2D eigenvalue weighted by atomic mass is 9.66. The highest BCUT2D eigenvalue weighted by molar-refractivity contribution is 6.09. The second-order valence-corrected chi connectivity index (χ2v) is 10.2.